The van der Waals surface area contributed by atoms with Gasteiger partial charge >= 0.3 is 12.0 Å². The fraction of sp³-hybridized carbons (Fsp3) is 0.692. The Balaban J connectivity index is 1.93. The SMILES string of the molecule is CCCC1(C(=O)O)CCN(C(=O)Nc2nnc(C)s2)CC1. The van der Waals surface area contributed by atoms with E-state index >= 15 is 0 Å². The van der Waals surface area contributed by atoms with Crippen LogP contribution in [0.4, 0.5) is 9.93 Å². The molecule has 0 aliphatic carbocycles. The van der Waals surface area contributed by atoms with Crippen molar-refractivity contribution in [1.82, 2.24) is 15.1 Å². The molecule has 0 radical (unpaired) electrons. The molecule has 0 spiro atoms. The Morgan fingerprint density at radius 3 is 2.52 bits per heavy atom. The van der Waals surface area contributed by atoms with Crippen molar-refractivity contribution in [2.24, 2.45) is 5.41 Å². The summed E-state index contributed by atoms with van der Waals surface area (Å²) in [5.74, 6) is -0.746. The van der Waals surface area contributed by atoms with Crippen LogP contribution in [0.3, 0.4) is 0 Å². The van der Waals surface area contributed by atoms with Crippen molar-refractivity contribution in [3.05, 3.63) is 5.01 Å². The molecular formula is C13H20N4O3S. The molecule has 0 unspecified atom stereocenters. The fourth-order valence-corrected chi connectivity index (χ4v) is 3.29. The summed E-state index contributed by atoms with van der Waals surface area (Å²) in [6.45, 7) is 4.72. The van der Waals surface area contributed by atoms with Crippen molar-refractivity contribution < 1.29 is 14.7 Å². The molecule has 0 bridgehead atoms. The lowest BCUT2D eigenvalue weighted by molar-refractivity contribution is -0.152. The highest BCUT2D eigenvalue weighted by Crippen LogP contribution is 2.36. The van der Waals surface area contributed by atoms with Gasteiger partial charge in [-0.3, -0.25) is 10.1 Å². The smallest absolute Gasteiger partial charge is 0.323 e. The first-order valence-corrected chi connectivity index (χ1v) is 7.88. The number of urea groups is 1. The summed E-state index contributed by atoms with van der Waals surface area (Å²) in [4.78, 5) is 25.3. The van der Waals surface area contributed by atoms with Gasteiger partial charge in [0.1, 0.15) is 5.01 Å². The number of nitrogens with zero attached hydrogens (tertiary/aromatic N) is 3. The number of carbonyl (C=O) groups is 2. The summed E-state index contributed by atoms with van der Waals surface area (Å²) in [7, 11) is 0. The fourth-order valence-electron chi connectivity index (χ4n) is 2.70. The minimum Gasteiger partial charge on any atom is -0.481 e. The number of piperidine rings is 1. The first-order valence-electron chi connectivity index (χ1n) is 7.06. The molecule has 1 fully saturated rings. The highest BCUT2D eigenvalue weighted by molar-refractivity contribution is 7.15. The Morgan fingerprint density at radius 1 is 1.38 bits per heavy atom. The quantitative estimate of drug-likeness (QED) is 0.889. The van der Waals surface area contributed by atoms with Gasteiger partial charge in [0.15, 0.2) is 0 Å². The Bertz CT molecular complexity index is 523. The number of carbonyl (C=O) groups excluding carboxylic acids is 1. The van der Waals surface area contributed by atoms with Crippen LogP contribution in [0.1, 0.15) is 37.6 Å². The van der Waals surface area contributed by atoms with E-state index in [2.05, 4.69) is 15.5 Å². The predicted octanol–water partition coefficient (Wildman–Crippen LogP) is 2.35. The molecule has 0 aromatic carbocycles. The Labute approximate surface area is 127 Å². The molecule has 2 heterocycles. The lowest BCUT2D eigenvalue weighted by atomic mass is 9.75. The Kier molecular flexibility index (Phi) is 4.76. The third-order valence-electron chi connectivity index (χ3n) is 3.93. The van der Waals surface area contributed by atoms with Crippen molar-refractivity contribution in [1.29, 1.82) is 0 Å². The third-order valence-corrected chi connectivity index (χ3v) is 4.68. The minimum absolute atomic E-state index is 0.235. The second kappa shape index (κ2) is 6.38. The molecule has 2 rings (SSSR count). The average Bonchev–Trinajstić information content (AvgIpc) is 2.85. The van der Waals surface area contributed by atoms with Crippen molar-refractivity contribution in [2.45, 2.75) is 39.5 Å². The van der Waals surface area contributed by atoms with E-state index in [0.29, 0.717) is 37.5 Å². The molecule has 0 atom stereocenters. The molecule has 21 heavy (non-hydrogen) atoms. The van der Waals surface area contributed by atoms with E-state index in [9.17, 15) is 14.7 Å². The number of carboxylic acid groups (broad SMARTS) is 1. The first kappa shape index (κ1) is 15.7. The zero-order valence-corrected chi connectivity index (χ0v) is 13.1. The number of aliphatic carboxylic acids is 1. The Hall–Kier alpha value is -1.70. The standard InChI is InChI=1S/C13H20N4O3S/c1-3-4-13(10(18)19)5-7-17(8-6-13)12(20)14-11-16-15-9(2)21-11/h3-8H2,1-2H3,(H,18,19)(H,14,16,20). The van der Waals surface area contributed by atoms with Gasteiger partial charge in [0.2, 0.25) is 5.13 Å². The third kappa shape index (κ3) is 3.49. The number of nitrogens with one attached hydrogen (secondary N) is 1. The van der Waals surface area contributed by atoms with Crippen molar-refractivity contribution in [3.63, 3.8) is 0 Å². The molecule has 116 valence electrons. The summed E-state index contributed by atoms with van der Waals surface area (Å²) in [6, 6.07) is -0.235. The van der Waals surface area contributed by atoms with Gasteiger partial charge in [-0.15, -0.1) is 10.2 Å². The van der Waals surface area contributed by atoms with Gasteiger partial charge in [-0.2, -0.15) is 0 Å². The van der Waals surface area contributed by atoms with Gasteiger partial charge in [0.25, 0.3) is 0 Å². The summed E-state index contributed by atoms with van der Waals surface area (Å²) < 4.78 is 0. The number of aromatic nitrogens is 2. The van der Waals surface area contributed by atoms with Crippen LogP contribution in [0.2, 0.25) is 0 Å². The number of anilines is 1. The maximum atomic E-state index is 12.1. The van der Waals surface area contributed by atoms with Crippen LogP contribution in [0.15, 0.2) is 0 Å². The van der Waals surface area contributed by atoms with Crippen molar-refractivity contribution in [3.8, 4) is 0 Å². The molecule has 1 saturated heterocycles. The summed E-state index contributed by atoms with van der Waals surface area (Å²) >= 11 is 1.32. The number of carboxylic acids is 1. The van der Waals surface area contributed by atoms with Crippen LogP contribution < -0.4 is 5.32 Å². The van der Waals surface area contributed by atoms with E-state index in [-0.39, 0.29) is 6.03 Å². The molecule has 2 amide bonds. The van der Waals surface area contributed by atoms with Gasteiger partial charge in [-0.25, -0.2) is 4.79 Å². The number of likely N-dealkylation sites (tertiary alicyclic amines) is 1. The summed E-state index contributed by atoms with van der Waals surface area (Å²) in [6.07, 6.45) is 2.49. The van der Waals surface area contributed by atoms with Crippen LogP contribution in [0, 0.1) is 12.3 Å². The highest BCUT2D eigenvalue weighted by atomic mass is 32.1. The maximum Gasteiger partial charge on any atom is 0.323 e. The average molecular weight is 312 g/mol. The van der Waals surface area contributed by atoms with Crippen molar-refractivity contribution >= 4 is 28.5 Å². The summed E-state index contributed by atoms with van der Waals surface area (Å²) in [5.41, 5.74) is -0.676. The lowest BCUT2D eigenvalue weighted by Gasteiger charge is -2.38. The molecule has 1 aliphatic rings. The van der Waals surface area contributed by atoms with E-state index in [1.807, 2.05) is 13.8 Å². The normalized spacial score (nSPS) is 17.5. The van der Waals surface area contributed by atoms with Crippen molar-refractivity contribution in [2.75, 3.05) is 18.4 Å². The molecular weight excluding hydrogens is 292 g/mol. The second-order valence-electron chi connectivity index (χ2n) is 5.38. The van der Waals surface area contributed by atoms with Crippen LogP contribution in [0.5, 0.6) is 0 Å². The molecule has 1 aliphatic heterocycles. The predicted molar refractivity (Wildman–Crippen MR) is 79.4 cm³/mol. The topological polar surface area (TPSA) is 95.4 Å². The maximum absolute atomic E-state index is 12.1. The monoisotopic (exact) mass is 312 g/mol. The minimum atomic E-state index is -0.746. The van der Waals surface area contributed by atoms with E-state index in [0.717, 1.165) is 11.4 Å². The number of rotatable bonds is 4. The van der Waals surface area contributed by atoms with Gasteiger partial charge in [-0.1, -0.05) is 24.7 Å². The molecule has 1 aromatic heterocycles. The molecule has 8 heteroatoms. The molecule has 1 aromatic rings. The highest BCUT2D eigenvalue weighted by Gasteiger charge is 2.41. The van der Waals surface area contributed by atoms with Gasteiger partial charge in [0.05, 0.1) is 5.41 Å². The molecule has 7 nitrogen and oxygen atoms in total. The van der Waals surface area contributed by atoms with E-state index in [4.69, 9.17) is 0 Å². The van der Waals surface area contributed by atoms with Crippen LogP contribution in [0.25, 0.3) is 0 Å². The number of hydrogen-bond acceptors (Lipinski definition) is 5. The van der Waals surface area contributed by atoms with Crippen LogP contribution in [-0.4, -0.2) is 45.3 Å². The second-order valence-corrected chi connectivity index (χ2v) is 6.56. The first-order chi connectivity index (χ1) is 9.97. The van der Waals surface area contributed by atoms with E-state index in [1.165, 1.54) is 11.3 Å². The number of aryl methyl sites for hydroxylation is 1. The number of amides is 2. The van der Waals surface area contributed by atoms with Crippen LogP contribution >= 0.6 is 11.3 Å². The van der Waals surface area contributed by atoms with Gasteiger partial charge in [0, 0.05) is 13.1 Å². The molecule has 2 N–H and O–H groups in total. The van der Waals surface area contributed by atoms with Gasteiger partial charge in [-0.05, 0) is 26.2 Å². The zero-order chi connectivity index (χ0) is 15.5. The number of hydrogen-bond donors (Lipinski definition) is 2. The largest absolute Gasteiger partial charge is 0.481 e. The summed E-state index contributed by atoms with van der Waals surface area (Å²) in [5, 5.41) is 21.1. The molecule has 0 saturated carbocycles. The van der Waals surface area contributed by atoms with Gasteiger partial charge < -0.3 is 10.0 Å². The zero-order valence-electron chi connectivity index (χ0n) is 12.3. The van der Waals surface area contributed by atoms with E-state index < -0.39 is 11.4 Å². The Morgan fingerprint density at radius 2 is 2.05 bits per heavy atom. The van der Waals surface area contributed by atoms with Crippen LogP contribution in [-0.2, 0) is 4.79 Å². The van der Waals surface area contributed by atoms with E-state index in [1.54, 1.807) is 4.90 Å². The lowest BCUT2D eigenvalue weighted by Crippen LogP contribution is -2.47.